The van der Waals surface area contributed by atoms with Gasteiger partial charge in [-0.1, -0.05) is 170 Å². The van der Waals surface area contributed by atoms with Gasteiger partial charge in [0.2, 0.25) is 11.8 Å². The van der Waals surface area contributed by atoms with Crippen LogP contribution in [0.3, 0.4) is 0 Å². The normalized spacial score (nSPS) is 20.8. The third kappa shape index (κ3) is 6.43. The highest BCUT2D eigenvalue weighted by Gasteiger charge is 2.49. The molecule has 8 rings (SSSR count). The van der Waals surface area contributed by atoms with Crippen molar-refractivity contribution in [2.24, 2.45) is 0 Å². The van der Waals surface area contributed by atoms with Crippen LogP contribution in [0.5, 0.6) is 0 Å². The van der Waals surface area contributed by atoms with Crippen molar-refractivity contribution in [3.8, 4) is 11.1 Å². The number of carbonyl (C=O) groups excluding carboxylic acids is 2. The van der Waals surface area contributed by atoms with E-state index in [1.165, 1.54) is 21.6 Å². The number of likely N-dealkylation sites (tertiary alicyclic amines) is 2. The van der Waals surface area contributed by atoms with Gasteiger partial charge >= 0.3 is 0 Å². The number of rotatable bonds is 9. The zero-order chi connectivity index (χ0) is 33.9. The molecule has 0 saturated carbocycles. The van der Waals surface area contributed by atoms with E-state index in [9.17, 15) is 9.59 Å². The van der Waals surface area contributed by atoms with Crippen molar-refractivity contribution in [1.82, 2.24) is 9.80 Å². The topological polar surface area (TPSA) is 40.6 Å². The smallest absolute Gasteiger partial charge is 0.238 e. The Labute approximate surface area is 294 Å². The molecule has 6 aromatic carbocycles. The lowest BCUT2D eigenvalue weighted by atomic mass is 9.81. The number of carbonyl (C=O) groups is 2. The third-order valence-corrected chi connectivity index (χ3v) is 10.5. The van der Waals surface area contributed by atoms with Gasteiger partial charge in [0.25, 0.3) is 0 Å². The fourth-order valence-electron chi connectivity index (χ4n) is 8.07. The molecule has 2 heterocycles. The van der Waals surface area contributed by atoms with E-state index >= 15 is 0 Å². The Hall–Kier alpha value is -5.58. The van der Waals surface area contributed by atoms with Crippen molar-refractivity contribution in [3.05, 3.63) is 203 Å². The van der Waals surface area contributed by atoms with Crippen molar-refractivity contribution in [1.29, 1.82) is 0 Å². The van der Waals surface area contributed by atoms with Crippen molar-refractivity contribution >= 4 is 11.8 Å². The largest absolute Gasteiger partial charge is 0.298 e. The van der Waals surface area contributed by atoms with Crippen LogP contribution in [0.25, 0.3) is 11.1 Å². The highest BCUT2D eigenvalue weighted by Crippen LogP contribution is 2.44. The molecular formula is C46H40N2O2. The molecule has 0 spiro atoms. The Morgan fingerprint density at radius 2 is 0.840 bits per heavy atom. The second kappa shape index (κ2) is 14.1. The molecule has 4 unspecified atom stereocenters. The van der Waals surface area contributed by atoms with Crippen LogP contribution < -0.4 is 0 Å². The molecule has 2 saturated heterocycles. The summed E-state index contributed by atoms with van der Waals surface area (Å²) in [6.45, 7) is 3.18. The van der Waals surface area contributed by atoms with Gasteiger partial charge in [-0.2, -0.15) is 0 Å². The van der Waals surface area contributed by atoms with Crippen molar-refractivity contribution < 1.29 is 9.59 Å². The third-order valence-electron chi connectivity index (χ3n) is 10.5. The molecular weight excluding hydrogens is 613 g/mol. The molecule has 2 fully saturated rings. The monoisotopic (exact) mass is 652 g/mol. The Morgan fingerprint density at radius 1 is 0.420 bits per heavy atom. The molecule has 4 heteroatoms. The van der Waals surface area contributed by atoms with Gasteiger partial charge in [-0.15, -0.1) is 0 Å². The summed E-state index contributed by atoms with van der Waals surface area (Å²) >= 11 is 0. The molecule has 0 radical (unpaired) electrons. The summed E-state index contributed by atoms with van der Waals surface area (Å²) in [5.41, 5.74) is 8.87. The Kier molecular flexibility index (Phi) is 8.94. The summed E-state index contributed by atoms with van der Waals surface area (Å²) in [5, 5.41) is 0. The second-order valence-electron chi connectivity index (χ2n) is 13.7. The van der Waals surface area contributed by atoms with Crippen LogP contribution in [-0.4, -0.2) is 34.7 Å². The summed E-state index contributed by atoms with van der Waals surface area (Å²) in [4.78, 5) is 32.3. The van der Waals surface area contributed by atoms with Crippen LogP contribution >= 0.6 is 0 Å². The Morgan fingerprint density at radius 3 is 1.42 bits per heavy atom. The van der Waals surface area contributed by atoms with Crippen LogP contribution in [0.1, 0.15) is 57.1 Å². The average molecular weight is 653 g/mol. The average Bonchev–Trinajstić information content (AvgIpc) is 3.71. The quantitative estimate of drug-likeness (QED) is 0.146. The number of amides is 2. The van der Waals surface area contributed by atoms with E-state index in [2.05, 4.69) is 102 Å². The molecule has 2 aliphatic heterocycles. The highest BCUT2D eigenvalue weighted by atomic mass is 16.2. The molecule has 0 bridgehead atoms. The molecule has 0 N–H and O–H groups in total. The number of imide groups is 1. The lowest BCUT2D eigenvalue weighted by molar-refractivity contribution is -0.139. The predicted molar refractivity (Wildman–Crippen MR) is 199 cm³/mol. The van der Waals surface area contributed by atoms with Gasteiger partial charge < -0.3 is 0 Å². The van der Waals surface area contributed by atoms with Crippen LogP contribution in [0.2, 0.25) is 0 Å². The highest BCUT2D eigenvalue weighted by molar-refractivity contribution is 6.10. The van der Waals surface area contributed by atoms with Crippen molar-refractivity contribution in [2.45, 2.75) is 36.8 Å². The summed E-state index contributed by atoms with van der Waals surface area (Å²) in [6.07, 6.45) is 0. The van der Waals surface area contributed by atoms with Gasteiger partial charge in [-0.3, -0.25) is 19.4 Å². The number of hydrogen-bond acceptors (Lipinski definition) is 3. The molecule has 6 aromatic rings. The zero-order valence-electron chi connectivity index (χ0n) is 28.0. The second-order valence-corrected chi connectivity index (χ2v) is 13.7. The molecule has 50 heavy (non-hydrogen) atoms. The van der Waals surface area contributed by atoms with E-state index in [1.807, 2.05) is 72.8 Å². The van der Waals surface area contributed by atoms with Crippen LogP contribution in [0.4, 0.5) is 0 Å². The van der Waals surface area contributed by atoms with Gasteiger partial charge in [-0.05, 0) is 44.5 Å². The van der Waals surface area contributed by atoms with E-state index in [4.69, 9.17) is 0 Å². The molecule has 4 nitrogen and oxygen atoms in total. The Balaban J connectivity index is 1.12. The minimum absolute atomic E-state index is 0.143. The fourth-order valence-corrected chi connectivity index (χ4v) is 8.07. The van der Waals surface area contributed by atoms with Gasteiger partial charge in [0, 0.05) is 31.5 Å². The summed E-state index contributed by atoms with van der Waals surface area (Å²) in [5.74, 6) is -0.738. The van der Waals surface area contributed by atoms with E-state index in [0.717, 1.165) is 47.5 Å². The van der Waals surface area contributed by atoms with E-state index < -0.39 is 11.8 Å². The van der Waals surface area contributed by atoms with Gasteiger partial charge in [0.05, 0.1) is 18.4 Å². The van der Waals surface area contributed by atoms with Gasteiger partial charge in [0.15, 0.2) is 0 Å². The minimum atomic E-state index is -0.597. The first-order valence-electron chi connectivity index (χ1n) is 17.6. The van der Waals surface area contributed by atoms with E-state index in [-0.39, 0.29) is 18.4 Å². The maximum Gasteiger partial charge on any atom is 0.238 e. The SMILES string of the molecule is O=C1C(c2ccccc2)C(c2cccc(-c3cccc(C4CN(Cc5ccccc5)CC4c4ccccc4)c3)c2)C(=O)N1Cc1ccccc1. The first kappa shape index (κ1) is 31.7. The van der Waals surface area contributed by atoms with Crippen molar-refractivity contribution in [3.63, 3.8) is 0 Å². The first-order valence-corrected chi connectivity index (χ1v) is 17.6. The van der Waals surface area contributed by atoms with Crippen molar-refractivity contribution in [2.75, 3.05) is 13.1 Å². The standard InChI is InChI=1S/C46H40N2O2/c49-45-43(36-21-11-4-12-22-36)44(46(50)48(45)30-34-17-7-2-8-18-34)40-26-14-24-38(28-40)37-23-13-25-39(27-37)42-32-47(29-33-15-5-1-6-16-33)31-41(42)35-19-9-3-10-20-35/h1-28,41-44H,29-32H2. The molecule has 2 amide bonds. The Bertz CT molecular complexity index is 2080. The first-order chi connectivity index (χ1) is 24.6. The summed E-state index contributed by atoms with van der Waals surface area (Å²) in [6, 6.07) is 58.4. The van der Waals surface area contributed by atoms with Gasteiger partial charge in [0.1, 0.15) is 0 Å². The molecule has 246 valence electrons. The maximum atomic E-state index is 14.2. The van der Waals surface area contributed by atoms with E-state index in [0.29, 0.717) is 11.8 Å². The number of nitrogens with zero attached hydrogens (tertiary/aromatic N) is 2. The molecule has 0 aromatic heterocycles. The lowest BCUT2D eigenvalue weighted by Crippen LogP contribution is -2.30. The molecule has 0 aliphatic carbocycles. The lowest BCUT2D eigenvalue weighted by Gasteiger charge is -2.20. The fraction of sp³-hybridized carbons (Fsp3) is 0.174. The zero-order valence-corrected chi connectivity index (χ0v) is 28.0. The molecule has 4 atom stereocenters. The van der Waals surface area contributed by atoms with Crippen LogP contribution in [0.15, 0.2) is 170 Å². The number of benzene rings is 6. The van der Waals surface area contributed by atoms with Crippen LogP contribution in [0, 0.1) is 0 Å². The molecule has 2 aliphatic rings. The predicted octanol–water partition coefficient (Wildman–Crippen LogP) is 9.17. The summed E-state index contributed by atoms with van der Waals surface area (Å²) in [7, 11) is 0. The minimum Gasteiger partial charge on any atom is -0.298 e. The number of hydrogen-bond donors (Lipinski definition) is 0. The van der Waals surface area contributed by atoms with E-state index in [1.54, 1.807) is 0 Å². The maximum absolute atomic E-state index is 14.2. The van der Waals surface area contributed by atoms with Crippen LogP contribution in [-0.2, 0) is 22.7 Å². The van der Waals surface area contributed by atoms with Gasteiger partial charge in [-0.25, -0.2) is 0 Å². The summed E-state index contributed by atoms with van der Waals surface area (Å²) < 4.78 is 0.